The topological polar surface area (TPSA) is 38.0 Å². The molecule has 0 bridgehead atoms. The molecule has 0 aliphatic heterocycles. The molecule has 0 saturated carbocycles. The predicted molar refractivity (Wildman–Crippen MR) is 65.5 cm³/mol. The summed E-state index contributed by atoms with van der Waals surface area (Å²) in [5.74, 6) is -2.00. The van der Waals surface area contributed by atoms with Gasteiger partial charge in [-0.2, -0.15) is 0 Å². The highest BCUT2D eigenvalue weighted by molar-refractivity contribution is 6.31. The number of hydrogen-bond donors (Lipinski definition) is 2. The molecule has 0 radical (unpaired) electrons. The molecule has 2 aromatic carbocycles. The smallest absolute Gasteiger partial charge is 0.146 e. The molecule has 18 heavy (non-hydrogen) atoms. The van der Waals surface area contributed by atoms with Crippen molar-refractivity contribution in [3.8, 4) is 0 Å². The lowest BCUT2D eigenvalue weighted by atomic mass is 10.2. The lowest BCUT2D eigenvalue weighted by Gasteiger charge is -2.11. The highest BCUT2D eigenvalue weighted by Gasteiger charge is 2.09. The minimum absolute atomic E-state index is 0.112. The molecule has 0 atom stereocenters. The number of hydrogen-bond acceptors (Lipinski definition) is 2. The summed E-state index contributed by atoms with van der Waals surface area (Å²) in [4.78, 5) is 0. The molecule has 0 spiro atoms. The highest BCUT2D eigenvalue weighted by Crippen LogP contribution is 2.29. The SMILES string of the molecule is Nc1cc(Cl)c(F)cc1Nc1cc(F)ccc1F. The van der Waals surface area contributed by atoms with E-state index in [2.05, 4.69) is 5.32 Å². The van der Waals surface area contributed by atoms with Gasteiger partial charge in [-0.3, -0.25) is 0 Å². The van der Waals surface area contributed by atoms with Crippen LogP contribution in [0.4, 0.5) is 30.2 Å². The Labute approximate surface area is 106 Å². The number of nitrogens with one attached hydrogen (secondary N) is 1. The number of benzene rings is 2. The maximum Gasteiger partial charge on any atom is 0.146 e. The van der Waals surface area contributed by atoms with Crippen LogP contribution in [0.3, 0.4) is 0 Å². The van der Waals surface area contributed by atoms with Gasteiger partial charge < -0.3 is 11.1 Å². The quantitative estimate of drug-likeness (QED) is 0.808. The fourth-order valence-electron chi connectivity index (χ4n) is 1.41. The van der Waals surface area contributed by atoms with E-state index in [1.54, 1.807) is 0 Å². The van der Waals surface area contributed by atoms with E-state index in [9.17, 15) is 13.2 Å². The van der Waals surface area contributed by atoms with Gasteiger partial charge in [0, 0.05) is 12.1 Å². The number of anilines is 3. The Bertz CT molecular complexity index is 602. The third kappa shape index (κ3) is 2.51. The van der Waals surface area contributed by atoms with Crippen molar-refractivity contribution in [1.82, 2.24) is 0 Å². The van der Waals surface area contributed by atoms with E-state index in [-0.39, 0.29) is 22.1 Å². The first kappa shape index (κ1) is 12.6. The van der Waals surface area contributed by atoms with Gasteiger partial charge in [0.2, 0.25) is 0 Å². The average Bonchev–Trinajstić information content (AvgIpc) is 2.30. The molecular formula is C12H8ClF3N2. The Morgan fingerprint density at radius 3 is 2.39 bits per heavy atom. The molecule has 0 aliphatic rings. The summed E-state index contributed by atoms with van der Waals surface area (Å²) in [5.41, 5.74) is 5.70. The molecule has 0 saturated heterocycles. The molecular weight excluding hydrogens is 265 g/mol. The Kier molecular flexibility index (Phi) is 3.34. The van der Waals surface area contributed by atoms with Gasteiger partial charge in [0.15, 0.2) is 0 Å². The lowest BCUT2D eigenvalue weighted by Crippen LogP contribution is -2.00. The number of rotatable bonds is 2. The summed E-state index contributed by atoms with van der Waals surface area (Å²) in [6, 6.07) is 5.09. The van der Waals surface area contributed by atoms with Crippen LogP contribution in [0.25, 0.3) is 0 Å². The second kappa shape index (κ2) is 4.78. The molecule has 94 valence electrons. The third-order valence-electron chi connectivity index (χ3n) is 2.29. The van der Waals surface area contributed by atoms with Crippen molar-refractivity contribution in [3.63, 3.8) is 0 Å². The van der Waals surface area contributed by atoms with Crippen molar-refractivity contribution < 1.29 is 13.2 Å². The standard InChI is InChI=1S/C12H8ClF3N2/c13-7-4-10(17)12(5-9(7)16)18-11-3-6(14)1-2-8(11)15/h1-5,18H,17H2. The van der Waals surface area contributed by atoms with Gasteiger partial charge in [-0.25, -0.2) is 13.2 Å². The van der Waals surface area contributed by atoms with E-state index in [0.29, 0.717) is 0 Å². The highest BCUT2D eigenvalue weighted by atomic mass is 35.5. The van der Waals surface area contributed by atoms with Crippen LogP contribution in [-0.2, 0) is 0 Å². The molecule has 0 unspecified atom stereocenters. The van der Waals surface area contributed by atoms with Crippen LogP contribution in [-0.4, -0.2) is 0 Å². The molecule has 0 aliphatic carbocycles. The fourth-order valence-corrected chi connectivity index (χ4v) is 1.58. The van der Waals surface area contributed by atoms with Crippen LogP contribution in [0, 0.1) is 17.5 Å². The zero-order chi connectivity index (χ0) is 13.3. The molecule has 2 rings (SSSR count). The summed E-state index contributed by atoms with van der Waals surface area (Å²) in [7, 11) is 0. The second-order valence-corrected chi connectivity index (χ2v) is 4.01. The molecule has 6 heteroatoms. The summed E-state index contributed by atoms with van der Waals surface area (Å²) in [5, 5.41) is 2.37. The molecule has 0 heterocycles. The first-order valence-corrected chi connectivity index (χ1v) is 5.32. The first-order valence-electron chi connectivity index (χ1n) is 4.94. The Hall–Kier alpha value is -1.88. The number of halogens is 4. The van der Waals surface area contributed by atoms with Gasteiger partial charge in [-0.05, 0) is 18.2 Å². The van der Waals surface area contributed by atoms with E-state index in [1.165, 1.54) is 6.07 Å². The van der Waals surface area contributed by atoms with E-state index >= 15 is 0 Å². The first-order chi connectivity index (χ1) is 8.47. The molecule has 3 N–H and O–H groups in total. The van der Waals surface area contributed by atoms with Crippen LogP contribution < -0.4 is 11.1 Å². The van der Waals surface area contributed by atoms with Gasteiger partial charge in [0.1, 0.15) is 17.5 Å². The van der Waals surface area contributed by atoms with E-state index in [0.717, 1.165) is 24.3 Å². The van der Waals surface area contributed by atoms with Crippen LogP contribution in [0.15, 0.2) is 30.3 Å². The van der Waals surface area contributed by atoms with Crippen LogP contribution in [0.2, 0.25) is 5.02 Å². The van der Waals surface area contributed by atoms with Gasteiger partial charge >= 0.3 is 0 Å². The molecule has 0 fully saturated rings. The van der Waals surface area contributed by atoms with Crippen molar-refractivity contribution in [2.24, 2.45) is 0 Å². The minimum atomic E-state index is -0.704. The lowest BCUT2D eigenvalue weighted by molar-refractivity contribution is 0.603. The molecule has 2 aromatic rings. The van der Waals surface area contributed by atoms with Crippen LogP contribution in [0.1, 0.15) is 0 Å². The van der Waals surface area contributed by atoms with Crippen molar-refractivity contribution in [3.05, 3.63) is 52.8 Å². The number of nitrogens with two attached hydrogens (primary N) is 1. The predicted octanol–water partition coefficient (Wildman–Crippen LogP) is 4.08. The maximum atomic E-state index is 13.4. The van der Waals surface area contributed by atoms with Gasteiger partial charge in [-0.15, -0.1) is 0 Å². The zero-order valence-electron chi connectivity index (χ0n) is 8.98. The maximum absolute atomic E-state index is 13.4. The monoisotopic (exact) mass is 272 g/mol. The van der Waals surface area contributed by atoms with Gasteiger partial charge in [-0.1, -0.05) is 11.6 Å². The van der Waals surface area contributed by atoms with E-state index < -0.39 is 17.5 Å². The zero-order valence-corrected chi connectivity index (χ0v) is 9.73. The number of nitrogen functional groups attached to an aromatic ring is 1. The summed E-state index contributed by atoms with van der Waals surface area (Å²) < 4.78 is 39.6. The summed E-state index contributed by atoms with van der Waals surface area (Å²) in [6.45, 7) is 0. The van der Waals surface area contributed by atoms with Crippen LogP contribution in [0.5, 0.6) is 0 Å². The van der Waals surface area contributed by atoms with E-state index in [4.69, 9.17) is 17.3 Å². The normalized spacial score (nSPS) is 10.4. The molecule has 2 nitrogen and oxygen atoms in total. The van der Waals surface area contributed by atoms with Crippen molar-refractivity contribution in [2.75, 3.05) is 11.1 Å². The van der Waals surface area contributed by atoms with Crippen molar-refractivity contribution in [1.29, 1.82) is 0 Å². The molecule has 0 aromatic heterocycles. The van der Waals surface area contributed by atoms with Crippen molar-refractivity contribution >= 4 is 28.7 Å². The van der Waals surface area contributed by atoms with Gasteiger partial charge in [0.05, 0.1) is 22.1 Å². The van der Waals surface area contributed by atoms with Gasteiger partial charge in [0.25, 0.3) is 0 Å². The largest absolute Gasteiger partial charge is 0.397 e. The van der Waals surface area contributed by atoms with Crippen LogP contribution >= 0.6 is 11.6 Å². The minimum Gasteiger partial charge on any atom is -0.397 e. The average molecular weight is 273 g/mol. The fraction of sp³-hybridized carbons (Fsp3) is 0. The van der Waals surface area contributed by atoms with Crippen molar-refractivity contribution in [2.45, 2.75) is 0 Å². The Morgan fingerprint density at radius 2 is 1.67 bits per heavy atom. The summed E-state index contributed by atoms with van der Waals surface area (Å²) >= 11 is 5.53. The second-order valence-electron chi connectivity index (χ2n) is 3.60. The molecule has 0 amide bonds. The summed E-state index contributed by atoms with van der Waals surface area (Å²) in [6.07, 6.45) is 0. The van der Waals surface area contributed by atoms with E-state index in [1.807, 2.05) is 0 Å². The third-order valence-corrected chi connectivity index (χ3v) is 2.58. The Balaban J connectivity index is 2.40. The Morgan fingerprint density at radius 1 is 0.944 bits per heavy atom.